The fourth-order valence-electron chi connectivity index (χ4n) is 2.52. The topological polar surface area (TPSA) is 59.6 Å². The summed E-state index contributed by atoms with van der Waals surface area (Å²) in [5, 5.41) is 6.09. The Morgan fingerprint density at radius 1 is 0.960 bits per heavy atom. The van der Waals surface area contributed by atoms with Crippen LogP contribution in [0.2, 0.25) is 0 Å². The molecule has 2 aromatic rings. The van der Waals surface area contributed by atoms with Crippen molar-refractivity contribution >= 4 is 17.3 Å². The van der Waals surface area contributed by atoms with Crippen LogP contribution in [0.15, 0.2) is 42.5 Å². The zero-order chi connectivity index (χ0) is 18.1. The van der Waals surface area contributed by atoms with Crippen LogP contribution in [0.1, 0.15) is 26.3 Å². The van der Waals surface area contributed by atoms with Crippen molar-refractivity contribution in [2.24, 2.45) is 0 Å². The molecule has 0 aliphatic carbocycles. The maximum absolute atomic E-state index is 12.3. The summed E-state index contributed by atoms with van der Waals surface area (Å²) in [7, 11) is 0. The molecular formula is C20H26N2O3. The first-order valence-electron chi connectivity index (χ1n) is 8.69. The van der Waals surface area contributed by atoms with Crippen molar-refractivity contribution in [1.82, 2.24) is 0 Å². The molecule has 134 valence electrons. The van der Waals surface area contributed by atoms with Crippen LogP contribution in [0.25, 0.3) is 0 Å². The number of aryl methyl sites for hydroxylation is 1. The summed E-state index contributed by atoms with van der Waals surface area (Å²) in [6.45, 7) is 7.19. The maximum atomic E-state index is 12.3. The molecule has 5 heteroatoms. The molecule has 0 saturated heterocycles. The van der Waals surface area contributed by atoms with Crippen LogP contribution in [0.3, 0.4) is 0 Å². The second-order valence-corrected chi connectivity index (χ2v) is 5.44. The van der Waals surface area contributed by atoms with Gasteiger partial charge in [-0.25, -0.2) is 0 Å². The Kier molecular flexibility index (Phi) is 7.14. The predicted molar refractivity (Wildman–Crippen MR) is 102 cm³/mol. The van der Waals surface area contributed by atoms with Gasteiger partial charge in [0.05, 0.1) is 25.4 Å². The van der Waals surface area contributed by atoms with Crippen LogP contribution in [0, 0.1) is 0 Å². The number of benzene rings is 2. The van der Waals surface area contributed by atoms with Gasteiger partial charge >= 0.3 is 0 Å². The molecule has 0 atom stereocenters. The van der Waals surface area contributed by atoms with E-state index in [-0.39, 0.29) is 12.5 Å². The summed E-state index contributed by atoms with van der Waals surface area (Å²) in [5.74, 6) is 1.19. The van der Waals surface area contributed by atoms with Crippen molar-refractivity contribution < 1.29 is 14.3 Å². The van der Waals surface area contributed by atoms with Gasteiger partial charge in [0.15, 0.2) is 0 Å². The standard InChI is InChI=1S/C20H26N2O3/c1-4-15-9-7-8-10-17(15)21-14-20(23)22-18-13-16(24-5-2)11-12-19(18)25-6-3/h7-13,21H,4-6,14H2,1-3H3,(H,22,23). The lowest BCUT2D eigenvalue weighted by Gasteiger charge is -2.15. The molecule has 0 unspecified atom stereocenters. The molecule has 0 fully saturated rings. The third-order valence-electron chi connectivity index (χ3n) is 3.67. The van der Waals surface area contributed by atoms with Gasteiger partial charge < -0.3 is 20.1 Å². The van der Waals surface area contributed by atoms with Gasteiger partial charge in [0.2, 0.25) is 5.91 Å². The van der Waals surface area contributed by atoms with E-state index in [0.717, 1.165) is 12.1 Å². The third kappa shape index (κ3) is 5.41. The zero-order valence-electron chi connectivity index (χ0n) is 15.1. The van der Waals surface area contributed by atoms with Crippen molar-refractivity contribution in [1.29, 1.82) is 0 Å². The number of hydrogen-bond donors (Lipinski definition) is 2. The maximum Gasteiger partial charge on any atom is 0.243 e. The number of rotatable bonds is 9. The molecule has 0 spiro atoms. The molecule has 5 nitrogen and oxygen atoms in total. The molecule has 0 heterocycles. The number of hydrogen-bond acceptors (Lipinski definition) is 4. The van der Waals surface area contributed by atoms with E-state index in [9.17, 15) is 4.79 Å². The first kappa shape index (κ1) is 18.6. The molecule has 2 rings (SSSR count). The van der Waals surface area contributed by atoms with E-state index in [0.29, 0.717) is 30.4 Å². The van der Waals surface area contributed by atoms with Gasteiger partial charge in [0, 0.05) is 11.8 Å². The highest BCUT2D eigenvalue weighted by Crippen LogP contribution is 2.29. The average Bonchev–Trinajstić information content (AvgIpc) is 2.62. The molecule has 0 radical (unpaired) electrons. The van der Waals surface area contributed by atoms with Crippen LogP contribution in [0.5, 0.6) is 11.5 Å². The monoisotopic (exact) mass is 342 g/mol. The van der Waals surface area contributed by atoms with Gasteiger partial charge in [-0.15, -0.1) is 0 Å². The minimum Gasteiger partial charge on any atom is -0.494 e. The van der Waals surface area contributed by atoms with Crippen LogP contribution < -0.4 is 20.1 Å². The Morgan fingerprint density at radius 2 is 1.72 bits per heavy atom. The molecule has 0 aliphatic heterocycles. The fraction of sp³-hybridized carbons (Fsp3) is 0.350. The quantitative estimate of drug-likeness (QED) is 0.720. The van der Waals surface area contributed by atoms with Crippen LogP contribution in [-0.4, -0.2) is 25.7 Å². The molecule has 2 aromatic carbocycles. The van der Waals surface area contributed by atoms with E-state index in [1.165, 1.54) is 5.56 Å². The molecule has 0 aliphatic rings. The van der Waals surface area contributed by atoms with Crippen molar-refractivity contribution in [3.8, 4) is 11.5 Å². The van der Waals surface area contributed by atoms with Crippen LogP contribution in [0.4, 0.5) is 11.4 Å². The Morgan fingerprint density at radius 3 is 2.44 bits per heavy atom. The van der Waals surface area contributed by atoms with Gasteiger partial charge in [-0.05, 0) is 44.0 Å². The molecular weight excluding hydrogens is 316 g/mol. The number of ether oxygens (including phenoxy) is 2. The largest absolute Gasteiger partial charge is 0.494 e. The Labute approximate surface area is 149 Å². The number of anilines is 2. The minimum atomic E-state index is -0.138. The van der Waals surface area contributed by atoms with Gasteiger partial charge in [0.25, 0.3) is 0 Å². The zero-order valence-corrected chi connectivity index (χ0v) is 15.1. The fourth-order valence-corrected chi connectivity index (χ4v) is 2.52. The molecule has 25 heavy (non-hydrogen) atoms. The highest BCUT2D eigenvalue weighted by molar-refractivity contribution is 5.95. The molecule has 1 amide bonds. The van der Waals surface area contributed by atoms with Gasteiger partial charge in [-0.3, -0.25) is 4.79 Å². The SMILES string of the molecule is CCOc1ccc(OCC)c(NC(=O)CNc2ccccc2CC)c1. The Bertz CT molecular complexity index is 701. The minimum absolute atomic E-state index is 0.138. The first-order valence-corrected chi connectivity index (χ1v) is 8.69. The second-order valence-electron chi connectivity index (χ2n) is 5.44. The van der Waals surface area contributed by atoms with Gasteiger partial charge in [0.1, 0.15) is 11.5 Å². The third-order valence-corrected chi connectivity index (χ3v) is 3.67. The number of carbonyl (C=O) groups excluding carboxylic acids is 1. The van der Waals surface area contributed by atoms with E-state index in [2.05, 4.69) is 23.6 Å². The van der Waals surface area contributed by atoms with Crippen molar-refractivity contribution in [2.75, 3.05) is 30.4 Å². The first-order chi connectivity index (χ1) is 12.2. The highest BCUT2D eigenvalue weighted by Gasteiger charge is 2.10. The predicted octanol–water partition coefficient (Wildman–Crippen LogP) is 4.10. The summed E-state index contributed by atoms with van der Waals surface area (Å²) in [4.78, 5) is 12.3. The van der Waals surface area contributed by atoms with Gasteiger partial charge in [-0.2, -0.15) is 0 Å². The number of carbonyl (C=O) groups is 1. The molecule has 0 bridgehead atoms. The molecule has 0 aromatic heterocycles. The summed E-state index contributed by atoms with van der Waals surface area (Å²) >= 11 is 0. The van der Waals surface area contributed by atoms with Crippen molar-refractivity contribution in [2.45, 2.75) is 27.2 Å². The second kappa shape index (κ2) is 9.57. The number of nitrogens with one attached hydrogen (secondary N) is 2. The van der Waals surface area contributed by atoms with E-state index in [4.69, 9.17) is 9.47 Å². The molecule has 0 saturated carbocycles. The average molecular weight is 342 g/mol. The highest BCUT2D eigenvalue weighted by atomic mass is 16.5. The van der Waals surface area contributed by atoms with Crippen molar-refractivity contribution in [3.63, 3.8) is 0 Å². The smallest absolute Gasteiger partial charge is 0.243 e. The summed E-state index contributed by atoms with van der Waals surface area (Å²) in [6, 6.07) is 13.4. The number of amides is 1. The number of para-hydroxylation sites is 1. The molecule has 2 N–H and O–H groups in total. The lowest BCUT2D eigenvalue weighted by Crippen LogP contribution is -2.22. The van der Waals surface area contributed by atoms with Crippen molar-refractivity contribution in [3.05, 3.63) is 48.0 Å². The van der Waals surface area contributed by atoms with E-state index in [1.807, 2.05) is 44.2 Å². The summed E-state index contributed by atoms with van der Waals surface area (Å²) in [6.07, 6.45) is 0.912. The summed E-state index contributed by atoms with van der Waals surface area (Å²) in [5.41, 5.74) is 2.78. The van der Waals surface area contributed by atoms with E-state index >= 15 is 0 Å². The Balaban J connectivity index is 2.04. The Hall–Kier alpha value is -2.69. The lowest BCUT2D eigenvalue weighted by atomic mass is 10.1. The normalized spacial score (nSPS) is 10.2. The van der Waals surface area contributed by atoms with Gasteiger partial charge in [-0.1, -0.05) is 25.1 Å². The summed E-state index contributed by atoms with van der Waals surface area (Å²) < 4.78 is 11.1. The van der Waals surface area contributed by atoms with E-state index in [1.54, 1.807) is 6.07 Å². The van der Waals surface area contributed by atoms with Crippen LogP contribution >= 0.6 is 0 Å². The lowest BCUT2D eigenvalue weighted by molar-refractivity contribution is -0.114. The van der Waals surface area contributed by atoms with E-state index < -0.39 is 0 Å². The van der Waals surface area contributed by atoms with Crippen LogP contribution in [-0.2, 0) is 11.2 Å².